The molecule has 7 heteroatoms. The SMILES string of the molecule is CCC(CCO)CNC(=O)c1nc2nccc(C)n2n1. The Morgan fingerprint density at radius 1 is 1.55 bits per heavy atom. The summed E-state index contributed by atoms with van der Waals surface area (Å²) in [5.41, 5.74) is 0.869. The first kappa shape index (κ1) is 14.4. The number of amides is 1. The highest BCUT2D eigenvalue weighted by atomic mass is 16.3. The predicted molar refractivity (Wildman–Crippen MR) is 73.3 cm³/mol. The number of aliphatic hydroxyl groups is 1. The topological polar surface area (TPSA) is 92.4 Å². The third-order valence-electron chi connectivity index (χ3n) is 3.30. The Bertz CT molecular complexity index is 595. The van der Waals surface area contributed by atoms with Gasteiger partial charge in [-0.25, -0.2) is 9.50 Å². The summed E-state index contributed by atoms with van der Waals surface area (Å²) in [6.07, 6.45) is 3.21. The van der Waals surface area contributed by atoms with Crippen LogP contribution in [0, 0.1) is 12.8 Å². The van der Waals surface area contributed by atoms with Gasteiger partial charge in [-0.1, -0.05) is 13.3 Å². The highest BCUT2D eigenvalue weighted by molar-refractivity contribution is 5.90. The molecule has 0 aliphatic carbocycles. The maximum Gasteiger partial charge on any atom is 0.291 e. The first-order valence-corrected chi connectivity index (χ1v) is 6.73. The third kappa shape index (κ3) is 3.11. The number of aromatic nitrogens is 4. The van der Waals surface area contributed by atoms with Crippen LogP contribution in [-0.4, -0.2) is 43.7 Å². The summed E-state index contributed by atoms with van der Waals surface area (Å²) in [6.45, 7) is 4.55. The summed E-state index contributed by atoms with van der Waals surface area (Å²) in [6, 6.07) is 1.80. The molecule has 20 heavy (non-hydrogen) atoms. The van der Waals surface area contributed by atoms with Gasteiger partial charge in [0.25, 0.3) is 11.7 Å². The summed E-state index contributed by atoms with van der Waals surface area (Å²) in [4.78, 5) is 20.2. The minimum atomic E-state index is -0.314. The van der Waals surface area contributed by atoms with Crippen LogP contribution >= 0.6 is 0 Å². The Balaban J connectivity index is 2.06. The van der Waals surface area contributed by atoms with Gasteiger partial charge in [0.05, 0.1) is 0 Å². The van der Waals surface area contributed by atoms with Crippen molar-refractivity contribution in [2.24, 2.45) is 5.92 Å². The number of carbonyl (C=O) groups is 1. The van der Waals surface area contributed by atoms with Crippen LogP contribution in [0.2, 0.25) is 0 Å². The molecule has 1 unspecified atom stereocenters. The second-order valence-corrected chi connectivity index (χ2v) is 4.73. The molecular formula is C13H19N5O2. The molecule has 0 bridgehead atoms. The molecule has 0 radical (unpaired) electrons. The number of nitrogens with zero attached hydrogens (tertiary/aromatic N) is 4. The average Bonchev–Trinajstić information content (AvgIpc) is 2.88. The molecule has 2 N–H and O–H groups in total. The second kappa shape index (κ2) is 6.42. The molecule has 0 saturated heterocycles. The number of hydrogen-bond donors (Lipinski definition) is 2. The Morgan fingerprint density at radius 3 is 3.00 bits per heavy atom. The summed E-state index contributed by atoms with van der Waals surface area (Å²) in [5.74, 6) is 0.482. The normalized spacial score (nSPS) is 12.6. The monoisotopic (exact) mass is 277 g/mol. The van der Waals surface area contributed by atoms with Crippen molar-refractivity contribution in [2.45, 2.75) is 26.7 Å². The van der Waals surface area contributed by atoms with Crippen LogP contribution in [-0.2, 0) is 0 Å². The van der Waals surface area contributed by atoms with E-state index in [4.69, 9.17) is 5.11 Å². The van der Waals surface area contributed by atoms with E-state index in [1.165, 1.54) is 0 Å². The third-order valence-corrected chi connectivity index (χ3v) is 3.30. The lowest BCUT2D eigenvalue weighted by Gasteiger charge is -2.13. The van der Waals surface area contributed by atoms with Gasteiger partial charge in [-0.3, -0.25) is 4.79 Å². The fourth-order valence-electron chi connectivity index (χ4n) is 1.95. The molecule has 7 nitrogen and oxygen atoms in total. The van der Waals surface area contributed by atoms with Crippen molar-refractivity contribution in [1.29, 1.82) is 0 Å². The first-order valence-electron chi connectivity index (χ1n) is 6.73. The number of rotatable bonds is 6. The number of fused-ring (bicyclic) bond motifs is 1. The maximum absolute atomic E-state index is 12.0. The van der Waals surface area contributed by atoms with Crippen LogP contribution in [0.5, 0.6) is 0 Å². The van der Waals surface area contributed by atoms with Crippen LogP contribution in [0.3, 0.4) is 0 Å². The molecule has 1 atom stereocenters. The van der Waals surface area contributed by atoms with Crippen LogP contribution in [0.15, 0.2) is 12.3 Å². The van der Waals surface area contributed by atoms with E-state index >= 15 is 0 Å². The molecule has 2 aromatic heterocycles. The van der Waals surface area contributed by atoms with Gasteiger partial charge in [0.1, 0.15) is 0 Å². The van der Waals surface area contributed by atoms with Crippen LogP contribution < -0.4 is 5.32 Å². The number of aryl methyl sites for hydroxylation is 1. The van der Waals surface area contributed by atoms with Crippen molar-refractivity contribution in [3.05, 3.63) is 23.8 Å². The van der Waals surface area contributed by atoms with E-state index in [0.29, 0.717) is 18.7 Å². The summed E-state index contributed by atoms with van der Waals surface area (Å²) < 4.78 is 1.54. The highest BCUT2D eigenvalue weighted by Crippen LogP contribution is 2.06. The van der Waals surface area contributed by atoms with Crippen LogP contribution in [0.25, 0.3) is 5.78 Å². The Labute approximate surface area is 117 Å². The minimum Gasteiger partial charge on any atom is -0.396 e. The standard InChI is InChI=1S/C13H19N5O2/c1-3-10(5-7-19)8-15-12(20)11-16-13-14-6-4-9(2)18(13)17-11/h4,6,10,19H,3,5,7-8H2,1-2H3,(H,15,20). The fourth-order valence-corrected chi connectivity index (χ4v) is 1.95. The van der Waals surface area contributed by atoms with Gasteiger partial charge in [0.2, 0.25) is 5.82 Å². The van der Waals surface area contributed by atoms with Crippen LogP contribution in [0.4, 0.5) is 0 Å². The predicted octanol–water partition coefficient (Wildman–Crippen LogP) is 0.571. The lowest BCUT2D eigenvalue weighted by molar-refractivity contribution is 0.0933. The molecule has 0 spiro atoms. The molecular weight excluding hydrogens is 258 g/mol. The maximum atomic E-state index is 12.0. The smallest absolute Gasteiger partial charge is 0.291 e. The molecule has 1 amide bonds. The van der Waals surface area contributed by atoms with Gasteiger partial charge in [-0.15, -0.1) is 5.10 Å². The zero-order valence-corrected chi connectivity index (χ0v) is 11.7. The van der Waals surface area contributed by atoms with Crippen molar-refractivity contribution in [2.75, 3.05) is 13.2 Å². The summed E-state index contributed by atoms with van der Waals surface area (Å²) in [5, 5.41) is 15.9. The second-order valence-electron chi connectivity index (χ2n) is 4.73. The Kier molecular flexibility index (Phi) is 4.62. The molecule has 0 saturated carbocycles. The van der Waals surface area contributed by atoms with Gasteiger partial charge in [0, 0.05) is 25.0 Å². The van der Waals surface area contributed by atoms with E-state index < -0.39 is 0 Å². The molecule has 2 heterocycles. The van der Waals surface area contributed by atoms with E-state index in [-0.39, 0.29) is 24.3 Å². The number of hydrogen-bond acceptors (Lipinski definition) is 5. The summed E-state index contributed by atoms with van der Waals surface area (Å²) >= 11 is 0. The average molecular weight is 277 g/mol. The van der Waals surface area contributed by atoms with Gasteiger partial charge in [-0.05, 0) is 25.3 Å². The molecule has 2 rings (SSSR count). The van der Waals surface area contributed by atoms with Crippen molar-refractivity contribution >= 4 is 11.7 Å². The quantitative estimate of drug-likeness (QED) is 0.805. The van der Waals surface area contributed by atoms with Crippen molar-refractivity contribution < 1.29 is 9.90 Å². The molecule has 0 aliphatic rings. The molecule has 0 aliphatic heterocycles. The van der Waals surface area contributed by atoms with Crippen LogP contribution in [0.1, 0.15) is 36.1 Å². The van der Waals surface area contributed by atoms with Crippen molar-refractivity contribution in [3.8, 4) is 0 Å². The molecule has 0 fully saturated rings. The van der Waals surface area contributed by atoms with Gasteiger partial charge >= 0.3 is 0 Å². The van der Waals surface area contributed by atoms with Gasteiger partial charge < -0.3 is 10.4 Å². The number of nitrogens with one attached hydrogen (secondary N) is 1. The lowest BCUT2D eigenvalue weighted by Crippen LogP contribution is -2.30. The zero-order valence-electron chi connectivity index (χ0n) is 11.7. The molecule has 108 valence electrons. The van der Waals surface area contributed by atoms with E-state index in [2.05, 4.69) is 20.4 Å². The minimum absolute atomic E-state index is 0.116. The largest absolute Gasteiger partial charge is 0.396 e. The lowest BCUT2D eigenvalue weighted by atomic mass is 10.0. The van der Waals surface area contributed by atoms with E-state index in [9.17, 15) is 4.79 Å². The zero-order chi connectivity index (χ0) is 14.5. The van der Waals surface area contributed by atoms with Crippen molar-refractivity contribution in [3.63, 3.8) is 0 Å². The first-order chi connectivity index (χ1) is 9.65. The van der Waals surface area contributed by atoms with E-state index in [0.717, 1.165) is 12.1 Å². The van der Waals surface area contributed by atoms with Gasteiger partial charge in [0.15, 0.2) is 0 Å². The van der Waals surface area contributed by atoms with E-state index in [1.807, 2.05) is 13.8 Å². The molecule has 2 aromatic rings. The van der Waals surface area contributed by atoms with E-state index in [1.54, 1.807) is 16.8 Å². The Hall–Kier alpha value is -2.02. The molecule has 0 aromatic carbocycles. The Morgan fingerprint density at radius 2 is 2.35 bits per heavy atom. The fraction of sp³-hybridized carbons (Fsp3) is 0.538. The van der Waals surface area contributed by atoms with Gasteiger partial charge in [-0.2, -0.15) is 4.98 Å². The summed E-state index contributed by atoms with van der Waals surface area (Å²) in [7, 11) is 0. The number of carbonyl (C=O) groups excluding carboxylic acids is 1. The van der Waals surface area contributed by atoms with Crippen molar-refractivity contribution in [1.82, 2.24) is 24.9 Å². The highest BCUT2D eigenvalue weighted by Gasteiger charge is 2.15. The number of aliphatic hydroxyl groups excluding tert-OH is 1.